The van der Waals surface area contributed by atoms with Crippen LogP contribution in [0.2, 0.25) is 0 Å². The Bertz CT molecular complexity index is 1130. The van der Waals surface area contributed by atoms with Crippen LogP contribution in [0.4, 0.5) is 5.13 Å². The Balaban J connectivity index is 1.70. The smallest absolute Gasteiger partial charge is 0.348 e. The summed E-state index contributed by atoms with van der Waals surface area (Å²) in [6, 6.07) is 16.6. The number of thiazole rings is 1. The fourth-order valence-corrected chi connectivity index (χ4v) is 3.12. The normalized spacial score (nSPS) is 11.4. The van der Waals surface area contributed by atoms with E-state index in [-0.39, 0.29) is 11.3 Å². The van der Waals surface area contributed by atoms with Crippen LogP contribution in [-0.2, 0) is 0 Å². The number of hydrogen-bond donors (Lipinski definition) is 1. The van der Waals surface area contributed by atoms with E-state index < -0.39 is 5.63 Å². The zero-order chi connectivity index (χ0) is 17.2. The van der Waals surface area contributed by atoms with Crippen molar-refractivity contribution in [2.24, 2.45) is 4.99 Å². The van der Waals surface area contributed by atoms with E-state index in [1.54, 1.807) is 24.3 Å². The highest BCUT2D eigenvalue weighted by molar-refractivity contribution is 7.13. The Kier molecular flexibility index (Phi) is 3.87. The number of aromatic hydroxyl groups is 1. The van der Waals surface area contributed by atoms with Crippen molar-refractivity contribution in [1.29, 1.82) is 0 Å². The first-order valence-corrected chi connectivity index (χ1v) is 8.40. The number of hydrogen-bond acceptors (Lipinski definition) is 6. The van der Waals surface area contributed by atoms with Gasteiger partial charge in [-0.2, -0.15) is 0 Å². The van der Waals surface area contributed by atoms with Crippen molar-refractivity contribution >= 4 is 33.7 Å². The number of para-hydroxylation sites is 1. The minimum absolute atomic E-state index is 0.00941. The fraction of sp³-hybridized carbons (Fsp3) is 0. The van der Waals surface area contributed by atoms with Crippen molar-refractivity contribution < 1.29 is 9.52 Å². The summed E-state index contributed by atoms with van der Waals surface area (Å²) in [4.78, 5) is 20.7. The maximum atomic E-state index is 12.1. The number of nitrogens with zero attached hydrogens (tertiary/aromatic N) is 2. The highest BCUT2D eigenvalue weighted by Gasteiger charge is 2.12. The summed E-state index contributed by atoms with van der Waals surface area (Å²) in [5.74, 6) is -0.143. The van der Waals surface area contributed by atoms with Gasteiger partial charge in [-0.25, -0.2) is 14.8 Å². The second-order valence-corrected chi connectivity index (χ2v) is 6.12. The molecule has 5 nitrogen and oxygen atoms in total. The van der Waals surface area contributed by atoms with Gasteiger partial charge < -0.3 is 9.52 Å². The Labute approximate surface area is 146 Å². The maximum Gasteiger partial charge on any atom is 0.348 e. The molecule has 0 aliphatic heterocycles. The van der Waals surface area contributed by atoms with Gasteiger partial charge in [0.25, 0.3) is 0 Å². The minimum atomic E-state index is -0.639. The van der Waals surface area contributed by atoms with Crippen molar-refractivity contribution in [3.63, 3.8) is 0 Å². The lowest BCUT2D eigenvalue weighted by Gasteiger charge is -2.01. The van der Waals surface area contributed by atoms with Gasteiger partial charge in [0, 0.05) is 17.2 Å². The predicted molar refractivity (Wildman–Crippen MR) is 99.0 cm³/mol. The van der Waals surface area contributed by atoms with E-state index in [0.717, 1.165) is 11.3 Å². The van der Waals surface area contributed by atoms with Crippen LogP contribution >= 0.6 is 11.3 Å². The number of aliphatic imine (C=N–C) groups is 1. The van der Waals surface area contributed by atoms with Crippen LogP contribution in [0, 0.1) is 0 Å². The van der Waals surface area contributed by atoms with Crippen LogP contribution in [0.3, 0.4) is 0 Å². The molecule has 0 radical (unpaired) electrons. The zero-order valence-corrected chi connectivity index (χ0v) is 13.7. The summed E-state index contributed by atoms with van der Waals surface area (Å²) in [6.07, 6.45) is 1.29. The minimum Gasteiger partial charge on any atom is -0.506 e. The Morgan fingerprint density at radius 1 is 1.08 bits per heavy atom. The van der Waals surface area contributed by atoms with Gasteiger partial charge in [-0.1, -0.05) is 42.5 Å². The molecule has 0 spiro atoms. The number of fused-ring (bicyclic) bond motifs is 1. The first-order chi connectivity index (χ1) is 12.2. The molecule has 0 aliphatic carbocycles. The van der Waals surface area contributed by atoms with E-state index in [2.05, 4.69) is 9.98 Å². The van der Waals surface area contributed by atoms with E-state index in [4.69, 9.17) is 4.42 Å². The quantitative estimate of drug-likeness (QED) is 0.440. The van der Waals surface area contributed by atoms with E-state index >= 15 is 0 Å². The van der Waals surface area contributed by atoms with Crippen LogP contribution in [0.1, 0.15) is 5.56 Å². The topological polar surface area (TPSA) is 75.7 Å². The third-order valence-electron chi connectivity index (χ3n) is 3.69. The van der Waals surface area contributed by atoms with Gasteiger partial charge in [0.05, 0.1) is 11.1 Å². The van der Waals surface area contributed by atoms with Gasteiger partial charge in [0.15, 0.2) is 0 Å². The molecule has 0 fully saturated rings. The fourth-order valence-electron chi connectivity index (χ4n) is 2.45. The Morgan fingerprint density at radius 3 is 2.68 bits per heavy atom. The largest absolute Gasteiger partial charge is 0.506 e. The second-order valence-electron chi connectivity index (χ2n) is 5.29. The van der Waals surface area contributed by atoms with Crippen LogP contribution in [0.25, 0.3) is 22.2 Å². The average molecular weight is 348 g/mol. The van der Waals surface area contributed by atoms with Crippen LogP contribution in [-0.4, -0.2) is 16.3 Å². The molecule has 0 bridgehead atoms. The van der Waals surface area contributed by atoms with E-state index in [1.807, 2.05) is 35.7 Å². The van der Waals surface area contributed by atoms with Gasteiger partial charge in [-0.05, 0) is 12.1 Å². The van der Waals surface area contributed by atoms with Crippen LogP contribution < -0.4 is 5.63 Å². The number of benzene rings is 2. The molecular formula is C19H12N2O3S. The van der Waals surface area contributed by atoms with Gasteiger partial charge >= 0.3 is 5.63 Å². The molecule has 0 saturated heterocycles. The maximum absolute atomic E-state index is 12.1. The monoisotopic (exact) mass is 348 g/mol. The first-order valence-electron chi connectivity index (χ1n) is 7.52. The Hall–Kier alpha value is -3.25. The third kappa shape index (κ3) is 2.95. The van der Waals surface area contributed by atoms with Crippen molar-refractivity contribution in [1.82, 2.24) is 4.98 Å². The third-order valence-corrected chi connectivity index (χ3v) is 4.43. The number of aromatic nitrogens is 1. The molecule has 0 saturated carbocycles. The lowest BCUT2D eigenvalue weighted by molar-refractivity contribution is 0.466. The summed E-state index contributed by atoms with van der Waals surface area (Å²) < 4.78 is 5.21. The van der Waals surface area contributed by atoms with Crippen LogP contribution in [0.5, 0.6) is 5.75 Å². The van der Waals surface area contributed by atoms with Crippen molar-refractivity contribution in [2.45, 2.75) is 0 Å². The SMILES string of the molecule is O=c1oc2ccccc2c(O)c1/C=N/c1nc(-c2ccccc2)cs1. The lowest BCUT2D eigenvalue weighted by atomic mass is 10.1. The Morgan fingerprint density at radius 2 is 1.84 bits per heavy atom. The summed E-state index contributed by atoms with van der Waals surface area (Å²) in [5.41, 5.74) is 1.51. The predicted octanol–water partition coefficient (Wildman–Crippen LogP) is 4.37. The molecule has 0 aliphatic rings. The second kappa shape index (κ2) is 6.33. The molecule has 0 atom stereocenters. The van der Waals surface area contributed by atoms with Gasteiger partial charge in [0.1, 0.15) is 16.9 Å². The van der Waals surface area contributed by atoms with E-state index in [0.29, 0.717) is 16.1 Å². The van der Waals surface area contributed by atoms with Gasteiger partial charge in [-0.15, -0.1) is 11.3 Å². The summed E-state index contributed by atoms with van der Waals surface area (Å²) >= 11 is 1.36. The van der Waals surface area contributed by atoms with Crippen molar-refractivity contribution in [3.05, 3.63) is 76.0 Å². The first kappa shape index (κ1) is 15.3. The zero-order valence-electron chi connectivity index (χ0n) is 12.9. The van der Waals surface area contributed by atoms with Crippen LogP contribution in [0.15, 0.2) is 74.2 Å². The molecule has 2 aromatic heterocycles. The number of rotatable bonds is 3. The van der Waals surface area contributed by atoms with Crippen molar-refractivity contribution in [2.75, 3.05) is 0 Å². The van der Waals surface area contributed by atoms with Crippen molar-refractivity contribution in [3.8, 4) is 17.0 Å². The van der Waals surface area contributed by atoms with Gasteiger partial charge in [0.2, 0.25) is 5.13 Å². The standard InChI is InChI=1S/C19H12N2O3S/c22-17-13-8-4-5-9-16(13)24-18(23)14(17)10-20-19-21-15(11-25-19)12-6-2-1-3-7-12/h1-11,22H/b20-10+. The molecule has 0 unspecified atom stereocenters. The molecule has 2 heterocycles. The summed E-state index contributed by atoms with van der Waals surface area (Å²) in [6.45, 7) is 0. The molecule has 6 heteroatoms. The lowest BCUT2D eigenvalue weighted by Crippen LogP contribution is -2.06. The molecule has 4 rings (SSSR count). The summed E-state index contributed by atoms with van der Waals surface area (Å²) in [7, 11) is 0. The molecule has 0 amide bonds. The average Bonchev–Trinajstić information content (AvgIpc) is 3.11. The molecule has 1 N–H and O–H groups in total. The summed E-state index contributed by atoms with van der Waals surface area (Å²) in [5, 5.41) is 13.2. The highest BCUT2D eigenvalue weighted by atomic mass is 32.1. The molecule has 4 aromatic rings. The van der Waals surface area contributed by atoms with E-state index in [1.165, 1.54) is 17.6 Å². The molecule has 25 heavy (non-hydrogen) atoms. The van der Waals surface area contributed by atoms with E-state index in [9.17, 15) is 9.90 Å². The molecule has 122 valence electrons. The molecule has 2 aromatic carbocycles. The van der Waals surface area contributed by atoms with Gasteiger partial charge in [-0.3, -0.25) is 0 Å². The molecular weight excluding hydrogens is 336 g/mol. The highest BCUT2D eigenvalue weighted by Crippen LogP contribution is 2.28.